The van der Waals surface area contributed by atoms with Gasteiger partial charge in [-0.3, -0.25) is 4.79 Å². The fourth-order valence-electron chi connectivity index (χ4n) is 1.17. The van der Waals surface area contributed by atoms with Gasteiger partial charge in [0.2, 0.25) is 5.91 Å². The molecule has 0 fully saturated rings. The molecule has 0 saturated heterocycles. The maximum Gasteiger partial charge on any atom is 0.326 e. The normalized spacial score (nSPS) is 13.1. The highest BCUT2D eigenvalue weighted by Crippen LogP contribution is 2.02. The van der Waals surface area contributed by atoms with Gasteiger partial charge in [-0.15, -0.1) is 6.58 Å². The topological polar surface area (TPSA) is 101 Å². The molecular formula is C10H17NO5S. The molecule has 2 N–H and O–H groups in total. The second kappa shape index (κ2) is 6.39. The predicted octanol–water partition coefficient (Wildman–Crippen LogP) is -0.187. The zero-order valence-corrected chi connectivity index (χ0v) is 10.7. The minimum absolute atomic E-state index is 0.306. The Hall–Kier alpha value is -1.37. The molecule has 0 aromatic carbocycles. The van der Waals surface area contributed by atoms with Crippen LogP contribution < -0.4 is 5.32 Å². The third kappa shape index (κ3) is 6.06. The summed E-state index contributed by atoms with van der Waals surface area (Å²) in [6.07, 6.45) is 1.18. The maximum atomic E-state index is 11.4. The fourth-order valence-corrected chi connectivity index (χ4v) is 2.13. The largest absolute Gasteiger partial charge is 0.480 e. The van der Waals surface area contributed by atoms with Gasteiger partial charge >= 0.3 is 5.97 Å². The third-order valence-electron chi connectivity index (χ3n) is 1.97. The summed E-state index contributed by atoms with van der Waals surface area (Å²) in [6.45, 7) is 6.51. The summed E-state index contributed by atoms with van der Waals surface area (Å²) in [5, 5.41) is 11.0. The molecule has 17 heavy (non-hydrogen) atoms. The number of carbonyl (C=O) groups excluding carboxylic acids is 1. The zero-order valence-electron chi connectivity index (χ0n) is 9.84. The monoisotopic (exact) mass is 263 g/mol. The van der Waals surface area contributed by atoms with Gasteiger partial charge in [-0.05, 0) is 5.92 Å². The number of carboxylic acid groups (broad SMARTS) is 1. The first kappa shape index (κ1) is 15.6. The smallest absolute Gasteiger partial charge is 0.326 e. The molecule has 0 aromatic rings. The third-order valence-corrected chi connectivity index (χ3v) is 3.42. The summed E-state index contributed by atoms with van der Waals surface area (Å²) in [5.74, 6) is -3.35. The van der Waals surface area contributed by atoms with Crippen LogP contribution in [0.25, 0.3) is 0 Å². The van der Waals surface area contributed by atoms with Gasteiger partial charge in [-0.25, -0.2) is 13.2 Å². The first-order valence-corrected chi connectivity index (χ1v) is 6.85. The number of sulfone groups is 1. The van der Waals surface area contributed by atoms with E-state index in [0.29, 0.717) is 0 Å². The zero-order chi connectivity index (χ0) is 13.6. The van der Waals surface area contributed by atoms with Crippen molar-refractivity contribution in [2.45, 2.75) is 19.9 Å². The number of carbonyl (C=O) groups is 2. The Balaban J connectivity index is 4.54. The first-order chi connectivity index (χ1) is 7.69. The summed E-state index contributed by atoms with van der Waals surface area (Å²) in [6, 6.07) is -1.08. The van der Waals surface area contributed by atoms with E-state index in [4.69, 9.17) is 5.11 Å². The van der Waals surface area contributed by atoms with Crippen LogP contribution in [0.1, 0.15) is 13.8 Å². The maximum absolute atomic E-state index is 11.4. The van der Waals surface area contributed by atoms with Crippen molar-refractivity contribution >= 4 is 21.7 Å². The quantitative estimate of drug-likeness (QED) is 0.620. The second-order valence-electron chi connectivity index (χ2n) is 3.97. The predicted molar refractivity (Wildman–Crippen MR) is 63.3 cm³/mol. The number of amides is 1. The lowest BCUT2D eigenvalue weighted by Gasteiger charge is -2.17. The van der Waals surface area contributed by atoms with E-state index in [1.165, 1.54) is 6.08 Å². The van der Waals surface area contributed by atoms with Crippen LogP contribution in [-0.2, 0) is 19.4 Å². The Bertz CT molecular complexity index is 399. The number of carboxylic acids is 1. The number of hydrogen-bond donors (Lipinski definition) is 2. The van der Waals surface area contributed by atoms with Crippen LogP contribution in [0.2, 0.25) is 0 Å². The van der Waals surface area contributed by atoms with Crippen LogP contribution in [0, 0.1) is 5.92 Å². The van der Waals surface area contributed by atoms with Gasteiger partial charge < -0.3 is 10.4 Å². The lowest BCUT2D eigenvalue weighted by atomic mass is 10.1. The molecule has 1 unspecified atom stereocenters. The lowest BCUT2D eigenvalue weighted by Crippen LogP contribution is -2.46. The second-order valence-corrected chi connectivity index (χ2v) is 6.08. The van der Waals surface area contributed by atoms with E-state index < -0.39 is 33.5 Å². The lowest BCUT2D eigenvalue weighted by molar-refractivity contribution is -0.142. The average molecular weight is 263 g/mol. The number of hydrogen-bond acceptors (Lipinski definition) is 4. The van der Waals surface area contributed by atoms with Crippen LogP contribution >= 0.6 is 0 Å². The van der Waals surface area contributed by atoms with Crippen molar-refractivity contribution in [3.63, 3.8) is 0 Å². The highest BCUT2D eigenvalue weighted by Gasteiger charge is 2.25. The average Bonchev–Trinajstić information content (AvgIpc) is 2.11. The summed E-state index contributed by atoms with van der Waals surface area (Å²) in [4.78, 5) is 22.2. The molecule has 0 aromatic heterocycles. The van der Waals surface area contributed by atoms with E-state index in [9.17, 15) is 18.0 Å². The molecule has 0 heterocycles. The van der Waals surface area contributed by atoms with Crippen molar-refractivity contribution in [1.82, 2.24) is 5.32 Å². The molecule has 0 aliphatic rings. The van der Waals surface area contributed by atoms with E-state index in [2.05, 4.69) is 11.9 Å². The Morgan fingerprint density at radius 1 is 1.41 bits per heavy atom. The summed E-state index contributed by atoms with van der Waals surface area (Å²) >= 11 is 0. The van der Waals surface area contributed by atoms with E-state index in [1.54, 1.807) is 13.8 Å². The molecule has 1 atom stereocenters. The SMILES string of the molecule is C=CCS(=O)(=O)CC(=O)NC(C(=O)O)C(C)C. The minimum Gasteiger partial charge on any atom is -0.480 e. The number of aliphatic carboxylic acids is 1. The Morgan fingerprint density at radius 3 is 2.29 bits per heavy atom. The molecule has 0 spiro atoms. The number of nitrogens with one attached hydrogen (secondary N) is 1. The summed E-state index contributed by atoms with van der Waals surface area (Å²) < 4.78 is 22.6. The highest BCUT2D eigenvalue weighted by atomic mass is 32.2. The summed E-state index contributed by atoms with van der Waals surface area (Å²) in [7, 11) is -3.55. The van der Waals surface area contributed by atoms with Crippen molar-refractivity contribution in [2.24, 2.45) is 5.92 Å². The van der Waals surface area contributed by atoms with Crippen LogP contribution in [0.3, 0.4) is 0 Å². The van der Waals surface area contributed by atoms with E-state index in [-0.39, 0.29) is 11.7 Å². The Morgan fingerprint density at radius 2 is 1.94 bits per heavy atom. The Labute approximate surface area is 101 Å². The van der Waals surface area contributed by atoms with Gasteiger partial charge in [0, 0.05) is 0 Å². The van der Waals surface area contributed by atoms with Crippen molar-refractivity contribution in [2.75, 3.05) is 11.5 Å². The molecule has 7 heteroatoms. The van der Waals surface area contributed by atoms with Crippen molar-refractivity contribution in [3.05, 3.63) is 12.7 Å². The molecule has 6 nitrogen and oxygen atoms in total. The minimum atomic E-state index is -3.55. The van der Waals surface area contributed by atoms with Crippen LogP contribution in [0.4, 0.5) is 0 Å². The fraction of sp³-hybridized carbons (Fsp3) is 0.600. The van der Waals surface area contributed by atoms with Gasteiger partial charge in [0.05, 0.1) is 5.75 Å². The first-order valence-electron chi connectivity index (χ1n) is 5.03. The molecule has 98 valence electrons. The Kier molecular flexibility index (Phi) is 5.87. The van der Waals surface area contributed by atoms with Gasteiger partial charge in [-0.1, -0.05) is 19.9 Å². The standard InChI is InChI=1S/C10H17NO5S/c1-4-5-17(15,16)6-8(12)11-9(7(2)3)10(13)14/h4,7,9H,1,5-6H2,2-3H3,(H,11,12)(H,13,14). The van der Waals surface area contributed by atoms with Gasteiger partial charge in [0.1, 0.15) is 11.8 Å². The molecule has 0 saturated carbocycles. The van der Waals surface area contributed by atoms with Crippen molar-refractivity contribution in [1.29, 1.82) is 0 Å². The van der Waals surface area contributed by atoms with Crippen molar-refractivity contribution < 1.29 is 23.1 Å². The van der Waals surface area contributed by atoms with E-state index in [0.717, 1.165) is 0 Å². The highest BCUT2D eigenvalue weighted by molar-refractivity contribution is 7.92. The van der Waals surface area contributed by atoms with Crippen LogP contribution in [-0.4, -0.2) is 42.9 Å². The summed E-state index contributed by atoms with van der Waals surface area (Å²) in [5.41, 5.74) is 0. The number of rotatable bonds is 7. The molecule has 0 aliphatic heterocycles. The van der Waals surface area contributed by atoms with E-state index in [1.807, 2.05) is 0 Å². The van der Waals surface area contributed by atoms with Crippen LogP contribution in [0.5, 0.6) is 0 Å². The molecule has 0 bridgehead atoms. The molecule has 0 rings (SSSR count). The molecule has 1 amide bonds. The van der Waals surface area contributed by atoms with Crippen molar-refractivity contribution in [3.8, 4) is 0 Å². The molecule has 0 aliphatic carbocycles. The molecular weight excluding hydrogens is 246 g/mol. The van der Waals surface area contributed by atoms with Gasteiger partial charge in [0.15, 0.2) is 9.84 Å². The van der Waals surface area contributed by atoms with Crippen LogP contribution in [0.15, 0.2) is 12.7 Å². The molecule has 0 radical (unpaired) electrons. The van der Waals surface area contributed by atoms with Gasteiger partial charge in [-0.2, -0.15) is 0 Å². The van der Waals surface area contributed by atoms with Gasteiger partial charge in [0.25, 0.3) is 0 Å². The van der Waals surface area contributed by atoms with E-state index >= 15 is 0 Å².